The highest BCUT2D eigenvalue weighted by atomic mass is 35.5. The molecule has 9 nitrogen and oxygen atoms in total. The zero-order valence-corrected chi connectivity index (χ0v) is 21.9. The zero-order chi connectivity index (χ0) is 26.5. The molecule has 2 aliphatic rings. The topological polar surface area (TPSA) is 109 Å². The molecule has 3 heterocycles. The van der Waals surface area contributed by atoms with Gasteiger partial charge < -0.3 is 14.2 Å². The standard InChI is InChI=1S/C27H28ClN5O4/c1-5-27(3,32(4)26-31-30-24(37-26)16-8-6-15(2)7-9-16)17-12-18-19(20(28)13-17)14-33(25(18)36)21-10-11-22(34)29-23(21)35/h6-9,12-13,21H,5,10-11,14H2,1-4H3,(H,29,34,35). The van der Waals surface area contributed by atoms with Crippen molar-refractivity contribution in [3.63, 3.8) is 0 Å². The minimum atomic E-state index is -0.698. The number of amides is 3. The number of carbonyl (C=O) groups excluding carboxylic acids is 3. The number of hydrogen-bond acceptors (Lipinski definition) is 7. The lowest BCUT2D eigenvalue weighted by Crippen LogP contribution is -2.52. The van der Waals surface area contributed by atoms with Crippen LogP contribution in [0.25, 0.3) is 11.5 Å². The first-order chi connectivity index (χ1) is 17.6. The number of imide groups is 1. The van der Waals surface area contributed by atoms with Crippen LogP contribution in [0.5, 0.6) is 0 Å². The molecule has 2 aliphatic heterocycles. The van der Waals surface area contributed by atoms with Crippen LogP contribution in [0, 0.1) is 6.92 Å². The molecule has 1 saturated heterocycles. The largest absolute Gasteiger partial charge is 0.403 e. The van der Waals surface area contributed by atoms with E-state index >= 15 is 0 Å². The Morgan fingerprint density at radius 2 is 1.92 bits per heavy atom. The number of nitrogens with one attached hydrogen (secondary N) is 1. The van der Waals surface area contributed by atoms with Gasteiger partial charge in [0.25, 0.3) is 5.91 Å². The van der Waals surface area contributed by atoms with E-state index in [0.29, 0.717) is 40.9 Å². The van der Waals surface area contributed by atoms with Crippen LogP contribution in [-0.4, -0.2) is 45.9 Å². The highest BCUT2D eigenvalue weighted by Crippen LogP contribution is 2.40. The minimum Gasteiger partial charge on any atom is -0.403 e. The maximum Gasteiger partial charge on any atom is 0.318 e. The molecule has 2 atom stereocenters. The predicted molar refractivity (Wildman–Crippen MR) is 138 cm³/mol. The summed E-state index contributed by atoms with van der Waals surface area (Å²) in [6.45, 7) is 6.30. The van der Waals surface area contributed by atoms with Crippen molar-refractivity contribution in [1.29, 1.82) is 0 Å². The molecule has 2 aromatic carbocycles. The third kappa shape index (κ3) is 4.27. The smallest absolute Gasteiger partial charge is 0.318 e. The van der Waals surface area contributed by atoms with E-state index in [4.69, 9.17) is 16.0 Å². The third-order valence-corrected chi connectivity index (χ3v) is 7.99. The Morgan fingerprint density at radius 3 is 2.59 bits per heavy atom. The second-order valence-corrected chi connectivity index (χ2v) is 10.2. The highest BCUT2D eigenvalue weighted by Gasteiger charge is 2.42. The summed E-state index contributed by atoms with van der Waals surface area (Å²) in [5.41, 5.74) is 3.30. The van der Waals surface area contributed by atoms with Gasteiger partial charge in [0.2, 0.25) is 17.7 Å². The lowest BCUT2D eigenvalue weighted by molar-refractivity contribution is -0.136. The van der Waals surface area contributed by atoms with E-state index in [-0.39, 0.29) is 24.8 Å². The molecule has 0 saturated carbocycles. The number of anilines is 1. The van der Waals surface area contributed by atoms with Crippen molar-refractivity contribution in [3.05, 3.63) is 63.7 Å². The summed E-state index contributed by atoms with van der Waals surface area (Å²) in [7, 11) is 1.87. The van der Waals surface area contributed by atoms with E-state index in [2.05, 4.69) is 15.5 Å². The summed E-state index contributed by atoms with van der Waals surface area (Å²) < 4.78 is 6.03. The predicted octanol–water partition coefficient (Wildman–Crippen LogP) is 4.22. The van der Waals surface area contributed by atoms with Crippen molar-refractivity contribution in [2.75, 3.05) is 11.9 Å². The molecule has 192 valence electrons. The Balaban J connectivity index is 1.45. The van der Waals surface area contributed by atoms with Gasteiger partial charge in [-0.2, -0.15) is 0 Å². The number of carbonyl (C=O) groups is 3. The van der Waals surface area contributed by atoms with Crippen molar-refractivity contribution in [1.82, 2.24) is 20.4 Å². The molecule has 1 fully saturated rings. The SMILES string of the molecule is CCC(C)(c1cc(Cl)c2c(c1)C(=O)N(C1CCC(=O)NC1=O)C2)N(C)c1nnc(-c2ccc(C)cc2)o1. The van der Waals surface area contributed by atoms with E-state index in [1.54, 1.807) is 0 Å². The van der Waals surface area contributed by atoms with E-state index < -0.39 is 17.5 Å². The quantitative estimate of drug-likeness (QED) is 0.484. The Labute approximate surface area is 219 Å². The molecule has 0 spiro atoms. The molecule has 2 unspecified atom stereocenters. The van der Waals surface area contributed by atoms with Crippen LogP contribution in [0.4, 0.5) is 6.01 Å². The fourth-order valence-corrected chi connectivity index (χ4v) is 5.22. The molecule has 0 aliphatic carbocycles. The maximum absolute atomic E-state index is 13.4. The Kier molecular flexibility index (Phi) is 6.27. The number of hydrogen-bond donors (Lipinski definition) is 1. The summed E-state index contributed by atoms with van der Waals surface area (Å²) in [5, 5.41) is 11.3. The lowest BCUT2D eigenvalue weighted by atomic mass is 9.86. The fraction of sp³-hybridized carbons (Fsp3) is 0.370. The molecule has 0 radical (unpaired) electrons. The van der Waals surface area contributed by atoms with E-state index in [1.165, 1.54) is 4.90 Å². The van der Waals surface area contributed by atoms with Gasteiger partial charge >= 0.3 is 6.01 Å². The van der Waals surface area contributed by atoms with Crippen molar-refractivity contribution in [2.24, 2.45) is 0 Å². The summed E-state index contributed by atoms with van der Waals surface area (Å²) >= 11 is 6.71. The average molecular weight is 522 g/mol. The molecule has 5 rings (SSSR count). The van der Waals surface area contributed by atoms with Crippen LogP contribution in [-0.2, 0) is 21.7 Å². The molecule has 0 bridgehead atoms. The second kappa shape index (κ2) is 9.30. The van der Waals surface area contributed by atoms with Gasteiger partial charge in [0, 0.05) is 41.7 Å². The first kappa shape index (κ1) is 25.0. The van der Waals surface area contributed by atoms with Crippen molar-refractivity contribution in [3.8, 4) is 11.5 Å². The van der Waals surface area contributed by atoms with Crippen LogP contribution < -0.4 is 10.2 Å². The molecular weight excluding hydrogens is 494 g/mol. The number of benzene rings is 2. The van der Waals surface area contributed by atoms with Crippen LogP contribution >= 0.6 is 11.6 Å². The Bertz CT molecular complexity index is 1400. The van der Waals surface area contributed by atoms with Gasteiger partial charge in [0.05, 0.1) is 5.54 Å². The van der Waals surface area contributed by atoms with Crippen LogP contribution in [0.1, 0.15) is 60.2 Å². The average Bonchev–Trinajstić information content (AvgIpc) is 3.49. The molecule has 10 heteroatoms. The second-order valence-electron chi connectivity index (χ2n) is 9.83. The first-order valence-corrected chi connectivity index (χ1v) is 12.6. The van der Waals surface area contributed by atoms with Gasteiger partial charge in [0.15, 0.2) is 0 Å². The molecule has 3 amide bonds. The van der Waals surface area contributed by atoms with Gasteiger partial charge in [-0.05, 0) is 56.5 Å². The van der Waals surface area contributed by atoms with Crippen LogP contribution in [0.15, 0.2) is 40.8 Å². The number of aromatic nitrogens is 2. The Morgan fingerprint density at radius 1 is 1.19 bits per heavy atom. The number of nitrogens with zero attached hydrogens (tertiary/aromatic N) is 4. The number of rotatable bonds is 6. The van der Waals surface area contributed by atoms with E-state index in [0.717, 1.165) is 16.7 Å². The zero-order valence-electron chi connectivity index (χ0n) is 21.2. The molecule has 1 aromatic heterocycles. The number of fused-ring (bicyclic) bond motifs is 1. The highest BCUT2D eigenvalue weighted by molar-refractivity contribution is 6.32. The number of aryl methyl sites for hydroxylation is 1. The van der Waals surface area contributed by atoms with Crippen LogP contribution in [0.2, 0.25) is 5.02 Å². The van der Waals surface area contributed by atoms with Crippen molar-refractivity contribution in [2.45, 2.75) is 58.2 Å². The first-order valence-electron chi connectivity index (χ1n) is 12.2. The number of halogens is 1. The molecule has 3 aromatic rings. The van der Waals surface area contributed by atoms with E-state index in [9.17, 15) is 14.4 Å². The fourth-order valence-electron chi connectivity index (χ4n) is 4.94. The lowest BCUT2D eigenvalue weighted by Gasteiger charge is -2.38. The van der Waals surface area contributed by atoms with Crippen LogP contribution in [0.3, 0.4) is 0 Å². The summed E-state index contributed by atoms with van der Waals surface area (Å²) in [5.74, 6) is -0.622. The van der Waals surface area contributed by atoms with Gasteiger partial charge in [-0.3, -0.25) is 19.7 Å². The van der Waals surface area contributed by atoms with Gasteiger partial charge in [0.1, 0.15) is 6.04 Å². The monoisotopic (exact) mass is 521 g/mol. The van der Waals surface area contributed by atoms with Crippen molar-refractivity contribution < 1.29 is 18.8 Å². The Hall–Kier alpha value is -3.72. The van der Waals surface area contributed by atoms with Crippen molar-refractivity contribution >= 4 is 35.3 Å². The number of piperidine rings is 1. The van der Waals surface area contributed by atoms with Gasteiger partial charge in [-0.15, -0.1) is 5.10 Å². The maximum atomic E-state index is 13.4. The summed E-state index contributed by atoms with van der Waals surface area (Å²) in [6, 6.07) is 11.2. The molecule has 1 N–H and O–H groups in total. The molecular formula is C27H28ClN5O4. The summed E-state index contributed by atoms with van der Waals surface area (Å²) in [4.78, 5) is 40.8. The minimum absolute atomic E-state index is 0.197. The normalized spacial score (nSPS) is 19.0. The summed E-state index contributed by atoms with van der Waals surface area (Å²) in [6.07, 6.45) is 1.15. The molecule has 37 heavy (non-hydrogen) atoms. The van der Waals surface area contributed by atoms with E-state index in [1.807, 2.05) is 69.1 Å². The third-order valence-electron chi connectivity index (χ3n) is 7.65. The van der Waals surface area contributed by atoms with Gasteiger partial charge in [-0.25, -0.2) is 0 Å². The van der Waals surface area contributed by atoms with Gasteiger partial charge in [-0.1, -0.05) is 41.3 Å².